The molecule has 0 spiro atoms. The highest BCUT2D eigenvalue weighted by atomic mass is 35.5. The van der Waals surface area contributed by atoms with Crippen molar-refractivity contribution in [2.45, 2.75) is 27.3 Å². The Hall–Kier alpha value is -2.10. The van der Waals surface area contributed by atoms with Crippen LogP contribution < -0.4 is 5.56 Å². The van der Waals surface area contributed by atoms with Crippen molar-refractivity contribution in [2.75, 3.05) is 0 Å². The molecule has 0 N–H and O–H groups in total. The van der Waals surface area contributed by atoms with Gasteiger partial charge in [-0.25, -0.2) is 4.68 Å². The number of rotatable bonds is 3. The van der Waals surface area contributed by atoms with Gasteiger partial charge < -0.3 is 0 Å². The smallest absolute Gasteiger partial charge is 0.267 e. The molecule has 0 amide bonds. The van der Waals surface area contributed by atoms with E-state index < -0.39 is 0 Å². The first kappa shape index (κ1) is 17.7. The molecule has 5 heteroatoms. The molecule has 0 aliphatic heterocycles. The van der Waals surface area contributed by atoms with E-state index >= 15 is 0 Å². The fourth-order valence-corrected chi connectivity index (χ4v) is 3.22. The summed E-state index contributed by atoms with van der Waals surface area (Å²) in [6.07, 6.45) is 0. The van der Waals surface area contributed by atoms with E-state index in [9.17, 15) is 4.79 Å². The van der Waals surface area contributed by atoms with Gasteiger partial charge in [-0.05, 0) is 67.3 Å². The van der Waals surface area contributed by atoms with Crippen LogP contribution >= 0.6 is 23.2 Å². The van der Waals surface area contributed by atoms with Crippen molar-refractivity contribution in [3.05, 3.63) is 85.1 Å². The molecule has 0 unspecified atom stereocenters. The van der Waals surface area contributed by atoms with E-state index in [4.69, 9.17) is 23.2 Å². The Bertz CT molecular complexity index is 1010. The molecule has 0 atom stereocenters. The molecule has 2 aromatic carbocycles. The highest BCUT2D eigenvalue weighted by molar-refractivity contribution is 6.35. The lowest BCUT2D eigenvalue weighted by Crippen LogP contribution is -2.23. The maximum Gasteiger partial charge on any atom is 0.267 e. The normalized spacial score (nSPS) is 10.9. The first-order chi connectivity index (χ1) is 11.8. The summed E-state index contributed by atoms with van der Waals surface area (Å²) >= 11 is 12.2. The first-order valence-electron chi connectivity index (χ1n) is 7.95. The van der Waals surface area contributed by atoms with Crippen LogP contribution in [0.1, 0.15) is 22.3 Å². The number of hydrogen-bond acceptors (Lipinski definition) is 2. The maximum atomic E-state index is 12.2. The summed E-state index contributed by atoms with van der Waals surface area (Å²) in [6, 6.07) is 12.8. The van der Waals surface area contributed by atoms with Gasteiger partial charge in [0, 0.05) is 21.7 Å². The van der Waals surface area contributed by atoms with Crippen LogP contribution in [-0.4, -0.2) is 9.78 Å². The van der Waals surface area contributed by atoms with E-state index in [2.05, 4.69) is 38.0 Å². The van der Waals surface area contributed by atoms with Gasteiger partial charge in [-0.3, -0.25) is 4.79 Å². The Labute approximate surface area is 156 Å². The van der Waals surface area contributed by atoms with Crippen LogP contribution in [0.3, 0.4) is 0 Å². The fourth-order valence-electron chi connectivity index (χ4n) is 2.75. The number of benzene rings is 2. The number of halogens is 2. The van der Waals surface area contributed by atoms with Crippen molar-refractivity contribution in [3.63, 3.8) is 0 Å². The van der Waals surface area contributed by atoms with Crippen LogP contribution in [0, 0.1) is 20.8 Å². The van der Waals surface area contributed by atoms with Gasteiger partial charge in [0.25, 0.3) is 5.56 Å². The van der Waals surface area contributed by atoms with E-state index in [1.165, 1.54) is 15.8 Å². The molecule has 0 aliphatic rings. The molecule has 3 rings (SSSR count). The standard InChI is InChI=1S/C20H18Cl2N2O/c1-12-8-14(3)17(9-13(12)2)19-6-7-20(25)24(23-19)11-15-4-5-16(21)10-18(15)22/h4-10H,11H2,1-3H3. The second-order valence-corrected chi connectivity index (χ2v) is 7.05. The Balaban J connectivity index is 2.04. The van der Waals surface area contributed by atoms with Crippen LogP contribution in [0.2, 0.25) is 10.0 Å². The molecule has 0 saturated carbocycles. The quantitative estimate of drug-likeness (QED) is 0.633. The van der Waals surface area contributed by atoms with E-state index in [0.29, 0.717) is 16.6 Å². The van der Waals surface area contributed by atoms with Gasteiger partial charge in [0.2, 0.25) is 0 Å². The van der Waals surface area contributed by atoms with Crippen molar-refractivity contribution >= 4 is 23.2 Å². The van der Waals surface area contributed by atoms with Crippen LogP contribution in [0.25, 0.3) is 11.3 Å². The highest BCUT2D eigenvalue weighted by Crippen LogP contribution is 2.25. The van der Waals surface area contributed by atoms with Crippen LogP contribution in [-0.2, 0) is 6.54 Å². The number of aryl methyl sites for hydroxylation is 3. The third kappa shape index (κ3) is 3.78. The summed E-state index contributed by atoms with van der Waals surface area (Å²) in [6.45, 7) is 6.51. The first-order valence-corrected chi connectivity index (χ1v) is 8.71. The van der Waals surface area contributed by atoms with Crippen molar-refractivity contribution in [3.8, 4) is 11.3 Å². The lowest BCUT2D eigenvalue weighted by molar-refractivity contribution is 0.642. The Morgan fingerprint density at radius 3 is 2.36 bits per heavy atom. The molecule has 0 fully saturated rings. The minimum absolute atomic E-state index is 0.170. The van der Waals surface area contributed by atoms with Crippen molar-refractivity contribution in [1.29, 1.82) is 0 Å². The average molecular weight is 373 g/mol. The van der Waals surface area contributed by atoms with Crippen molar-refractivity contribution < 1.29 is 0 Å². The van der Waals surface area contributed by atoms with E-state index in [0.717, 1.165) is 22.4 Å². The molecule has 1 heterocycles. The zero-order valence-electron chi connectivity index (χ0n) is 14.3. The van der Waals surface area contributed by atoms with E-state index in [1.54, 1.807) is 24.3 Å². The van der Waals surface area contributed by atoms with Gasteiger partial charge in [-0.2, -0.15) is 5.10 Å². The molecular weight excluding hydrogens is 355 g/mol. The molecule has 0 radical (unpaired) electrons. The van der Waals surface area contributed by atoms with Crippen molar-refractivity contribution in [1.82, 2.24) is 9.78 Å². The van der Waals surface area contributed by atoms with Gasteiger partial charge in [-0.1, -0.05) is 35.3 Å². The topological polar surface area (TPSA) is 34.9 Å². The largest absolute Gasteiger partial charge is 0.268 e. The minimum Gasteiger partial charge on any atom is -0.268 e. The molecule has 128 valence electrons. The molecule has 3 aromatic rings. The lowest BCUT2D eigenvalue weighted by atomic mass is 9.99. The number of hydrogen-bond donors (Lipinski definition) is 0. The monoisotopic (exact) mass is 372 g/mol. The summed E-state index contributed by atoms with van der Waals surface area (Å²) in [7, 11) is 0. The predicted molar refractivity (Wildman–Crippen MR) is 104 cm³/mol. The molecule has 0 bridgehead atoms. The van der Waals surface area contributed by atoms with Crippen LogP contribution in [0.5, 0.6) is 0 Å². The number of nitrogens with zero attached hydrogens (tertiary/aromatic N) is 2. The molecule has 0 saturated heterocycles. The zero-order valence-corrected chi connectivity index (χ0v) is 15.8. The molecule has 0 aliphatic carbocycles. The zero-order chi connectivity index (χ0) is 18.1. The predicted octanol–water partition coefficient (Wildman–Crippen LogP) is 5.19. The van der Waals surface area contributed by atoms with Crippen LogP contribution in [0.15, 0.2) is 47.3 Å². The SMILES string of the molecule is Cc1cc(C)c(-c2ccc(=O)n(Cc3ccc(Cl)cc3Cl)n2)cc1C. The van der Waals surface area contributed by atoms with E-state index in [-0.39, 0.29) is 5.56 Å². The summed E-state index contributed by atoms with van der Waals surface area (Å²) < 4.78 is 1.43. The second-order valence-electron chi connectivity index (χ2n) is 6.20. The number of aromatic nitrogens is 2. The van der Waals surface area contributed by atoms with Gasteiger partial charge in [0.05, 0.1) is 12.2 Å². The second kappa shape index (κ2) is 7.03. The summed E-state index contributed by atoms with van der Waals surface area (Å²) in [4.78, 5) is 12.2. The van der Waals surface area contributed by atoms with Crippen LogP contribution in [0.4, 0.5) is 0 Å². The molecular formula is C20H18Cl2N2O. The third-order valence-electron chi connectivity index (χ3n) is 4.32. The van der Waals surface area contributed by atoms with E-state index in [1.807, 2.05) is 6.07 Å². The Morgan fingerprint density at radius 1 is 0.920 bits per heavy atom. The molecule has 25 heavy (non-hydrogen) atoms. The fraction of sp³-hybridized carbons (Fsp3) is 0.200. The summed E-state index contributed by atoms with van der Waals surface area (Å²) in [5, 5.41) is 5.63. The minimum atomic E-state index is -0.170. The lowest BCUT2D eigenvalue weighted by Gasteiger charge is -2.12. The average Bonchev–Trinajstić information content (AvgIpc) is 2.55. The Morgan fingerprint density at radius 2 is 1.64 bits per heavy atom. The maximum absolute atomic E-state index is 12.2. The third-order valence-corrected chi connectivity index (χ3v) is 4.91. The van der Waals surface area contributed by atoms with Gasteiger partial charge in [0.1, 0.15) is 0 Å². The van der Waals surface area contributed by atoms with Gasteiger partial charge in [0.15, 0.2) is 0 Å². The summed E-state index contributed by atoms with van der Waals surface area (Å²) in [5.74, 6) is 0. The molecule has 3 nitrogen and oxygen atoms in total. The Kier molecular flexibility index (Phi) is 4.98. The van der Waals surface area contributed by atoms with Gasteiger partial charge in [-0.15, -0.1) is 0 Å². The highest BCUT2D eigenvalue weighted by Gasteiger charge is 2.10. The van der Waals surface area contributed by atoms with Gasteiger partial charge >= 0.3 is 0 Å². The summed E-state index contributed by atoms with van der Waals surface area (Å²) in [5.41, 5.74) is 5.99. The molecule has 1 aromatic heterocycles. The van der Waals surface area contributed by atoms with Crippen molar-refractivity contribution in [2.24, 2.45) is 0 Å².